The fourth-order valence-electron chi connectivity index (χ4n) is 4.92. The molecule has 5 heteroatoms. The van der Waals surface area contributed by atoms with Crippen LogP contribution in [0.2, 0.25) is 0 Å². The number of aryl methyl sites for hydroxylation is 2. The van der Waals surface area contributed by atoms with E-state index >= 15 is 0 Å². The Morgan fingerprint density at radius 2 is 1.51 bits per heavy atom. The molecule has 0 saturated heterocycles. The molecule has 2 aromatic heterocycles. The molecule has 0 fully saturated rings. The number of hydrogen-bond donors (Lipinski definition) is 1. The number of aliphatic hydroxyl groups excluding tert-OH is 1. The van der Waals surface area contributed by atoms with Crippen LogP contribution in [0.5, 0.6) is 0 Å². The number of fused-ring (bicyclic) bond motifs is 4. The average Bonchev–Trinajstić information content (AvgIpc) is 3.32. The molecule has 4 aromatic carbocycles. The molecule has 0 aliphatic carbocycles. The second-order valence-corrected chi connectivity index (χ2v) is 9.44. The summed E-state index contributed by atoms with van der Waals surface area (Å²) < 4.78 is 6.48. The van der Waals surface area contributed by atoms with E-state index in [0.717, 1.165) is 44.3 Å². The van der Waals surface area contributed by atoms with E-state index in [1.807, 2.05) is 12.3 Å². The molecule has 6 rings (SSSR count). The first-order valence-corrected chi connectivity index (χ1v) is 12.5. The topological polar surface area (TPSA) is 63.3 Å². The first-order chi connectivity index (χ1) is 18.3. The SMILES string of the molecule is CC(=O)/C=C(/C)O.Cc1cccc(C)c1-c1cc2ccnc(-c3[c-]c4ccccc4c4ccccc34)c2o1.[Ir]. The third-order valence-corrected chi connectivity index (χ3v) is 6.48. The van der Waals surface area contributed by atoms with Gasteiger partial charge in [-0.05, 0) is 51.0 Å². The minimum Gasteiger partial charge on any atom is -0.512 e. The molecule has 6 aromatic rings. The zero-order valence-electron chi connectivity index (χ0n) is 22.2. The summed E-state index contributed by atoms with van der Waals surface area (Å²) in [6.45, 7) is 7.10. The molecule has 39 heavy (non-hydrogen) atoms. The fraction of sp³-hybridized carbons (Fsp3) is 0.118. The van der Waals surface area contributed by atoms with E-state index in [4.69, 9.17) is 14.5 Å². The molecule has 0 aliphatic rings. The molecule has 197 valence electrons. The fourth-order valence-corrected chi connectivity index (χ4v) is 4.92. The van der Waals surface area contributed by atoms with Crippen LogP contribution in [0.1, 0.15) is 25.0 Å². The summed E-state index contributed by atoms with van der Waals surface area (Å²) >= 11 is 0. The van der Waals surface area contributed by atoms with Crippen molar-refractivity contribution in [1.82, 2.24) is 4.98 Å². The average molecular weight is 691 g/mol. The predicted octanol–water partition coefficient (Wildman–Crippen LogP) is 8.92. The largest absolute Gasteiger partial charge is 0.512 e. The van der Waals surface area contributed by atoms with Crippen molar-refractivity contribution in [3.8, 4) is 22.6 Å². The Balaban J connectivity index is 0.000000394. The van der Waals surface area contributed by atoms with E-state index < -0.39 is 0 Å². The maximum Gasteiger partial charge on any atom is 0.155 e. The van der Waals surface area contributed by atoms with Crippen LogP contribution in [0.25, 0.3) is 55.1 Å². The van der Waals surface area contributed by atoms with Crippen molar-refractivity contribution in [3.63, 3.8) is 0 Å². The third kappa shape index (κ3) is 5.70. The number of carbonyl (C=O) groups excluding carboxylic acids is 1. The quantitative estimate of drug-likeness (QED) is 0.0872. The van der Waals surface area contributed by atoms with Gasteiger partial charge in [0.05, 0.1) is 5.76 Å². The van der Waals surface area contributed by atoms with Gasteiger partial charge in [-0.15, -0.1) is 17.5 Å². The number of aliphatic hydroxyl groups is 1. The first kappa shape index (κ1) is 28.0. The van der Waals surface area contributed by atoms with Crippen LogP contribution in [0, 0.1) is 19.9 Å². The molecule has 0 unspecified atom stereocenters. The standard InChI is InChI=1S/C29H20NO.C5H8O2.Ir/c1-18-8-7-9-19(2)27(18)26-17-21-14-15-30-28(29(21)31-26)25-16-20-10-3-4-11-22(20)23-12-5-6-13-24(23)25;1-4(6)3-5(2)7;/h3-15,17H,1-2H3;3,6H,1-2H3;/q-1;;/b;4-3-;. The summed E-state index contributed by atoms with van der Waals surface area (Å²) in [6, 6.07) is 30.9. The maximum absolute atomic E-state index is 10.0. The van der Waals surface area contributed by atoms with Crippen molar-refractivity contribution in [1.29, 1.82) is 0 Å². The van der Waals surface area contributed by atoms with E-state index in [1.54, 1.807) is 0 Å². The molecule has 0 aliphatic heterocycles. The van der Waals surface area contributed by atoms with E-state index in [-0.39, 0.29) is 31.6 Å². The van der Waals surface area contributed by atoms with Crippen LogP contribution in [-0.4, -0.2) is 15.9 Å². The van der Waals surface area contributed by atoms with Gasteiger partial charge in [0.25, 0.3) is 0 Å². The zero-order valence-corrected chi connectivity index (χ0v) is 24.6. The summed E-state index contributed by atoms with van der Waals surface area (Å²) in [7, 11) is 0. The van der Waals surface area contributed by atoms with Crippen LogP contribution in [-0.2, 0) is 24.9 Å². The Bertz CT molecular complexity index is 1820. The van der Waals surface area contributed by atoms with Crippen molar-refractivity contribution >= 4 is 38.3 Å². The van der Waals surface area contributed by atoms with Gasteiger partial charge in [-0.2, -0.15) is 0 Å². The molecular formula is C34H28IrNO3-. The second kappa shape index (κ2) is 11.8. The number of furan rings is 1. The number of hydrogen-bond acceptors (Lipinski definition) is 4. The molecular weight excluding hydrogens is 663 g/mol. The Kier molecular flexibility index (Phi) is 8.44. The molecule has 0 saturated carbocycles. The van der Waals surface area contributed by atoms with E-state index in [0.29, 0.717) is 0 Å². The van der Waals surface area contributed by atoms with E-state index in [9.17, 15) is 4.79 Å². The van der Waals surface area contributed by atoms with Gasteiger partial charge in [0.2, 0.25) is 0 Å². The predicted molar refractivity (Wildman–Crippen MR) is 155 cm³/mol. The summed E-state index contributed by atoms with van der Waals surface area (Å²) in [4.78, 5) is 14.8. The number of nitrogens with zero attached hydrogens (tertiary/aromatic N) is 1. The van der Waals surface area contributed by atoms with Crippen LogP contribution < -0.4 is 0 Å². The maximum atomic E-state index is 10.0. The Hall–Kier alpha value is -4.05. The number of ketones is 1. The van der Waals surface area contributed by atoms with Gasteiger partial charge in [0.1, 0.15) is 11.3 Å². The van der Waals surface area contributed by atoms with Gasteiger partial charge < -0.3 is 9.52 Å². The van der Waals surface area contributed by atoms with Gasteiger partial charge in [0.15, 0.2) is 5.78 Å². The van der Waals surface area contributed by atoms with Crippen molar-refractivity contribution in [3.05, 3.63) is 114 Å². The molecule has 0 amide bonds. The minimum absolute atomic E-state index is 0. The monoisotopic (exact) mass is 691 g/mol. The first-order valence-electron chi connectivity index (χ1n) is 12.5. The minimum atomic E-state index is -0.125. The van der Waals surface area contributed by atoms with Gasteiger partial charge >= 0.3 is 0 Å². The van der Waals surface area contributed by atoms with Crippen molar-refractivity contribution < 1.29 is 34.4 Å². The summed E-state index contributed by atoms with van der Waals surface area (Å²) in [5.74, 6) is 0.817. The third-order valence-electron chi connectivity index (χ3n) is 6.48. The van der Waals surface area contributed by atoms with Gasteiger partial charge in [0, 0.05) is 49.0 Å². The molecule has 1 radical (unpaired) electrons. The van der Waals surface area contributed by atoms with Crippen LogP contribution in [0.15, 0.2) is 101 Å². The molecule has 1 N–H and O–H groups in total. The van der Waals surface area contributed by atoms with Crippen LogP contribution >= 0.6 is 0 Å². The molecule has 2 heterocycles. The Labute approximate surface area is 241 Å². The van der Waals surface area contributed by atoms with E-state index in [1.165, 1.54) is 41.8 Å². The molecule has 0 bridgehead atoms. The van der Waals surface area contributed by atoms with Crippen molar-refractivity contribution in [2.75, 3.05) is 0 Å². The smallest absolute Gasteiger partial charge is 0.155 e. The van der Waals surface area contributed by atoms with E-state index in [2.05, 4.69) is 92.7 Å². The van der Waals surface area contributed by atoms with Gasteiger partial charge in [-0.25, -0.2) is 0 Å². The zero-order chi connectivity index (χ0) is 26.8. The summed E-state index contributed by atoms with van der Waals surface area (Å²) in [6.07, 6.45) is 3.03. The number of pyridine rings is 1. The number of benzene rings is 4. The van der Waals surface area contributed by atoms with Crippen molar-refractivity contribution in [2.24, 2.45) is 0 Å². The van der Waals surface area contributed by atoms with Crippen LogP contribution in [0.4, 0.5) is 0 Å². The number of aromatic nitrogens is 1. The van der Waals surface area contributed by atoms with Gasteiger partial charge in [-0.3, -0.25) is 9.78 Å². The Morgan fingerprint density at radius 1 is 0.872 bits per heavy atom. The normalized spacial score (nSPS) is 11.2. The Morgan fingerprint density at radius 3 is 2.15 bits per heavy atom. The second-order valence-electron chi connectivity index (χ2n) is 9.44. The number of rotatable bonds is 3. The number of allylic oxidation sites excluding steroid dienone is 2. The molecule has 0 atom stereocenters. The van der Waals surface area contributed by atoms with Crippen molar-refractivity contribution in [2.45, 2.75) is 27.7 Å². The summed E-state index contributed by atoms with van der Waals surface area (Å²) in [5.41, 5.74) is 6.17. The van der Waals surface area contributed by atoms with Crippen LogP contribution in [0.3, 0.4) is 0 Å². The summed E-state index contributed by atoms with van der Waals surface area (Å²) in [5, 5.41) is 14.0. The van der Waals surface area contributed by atoms with Gasteiger partial charge in [-0.1, -0.05) is 82.4 Å². The number of carbonyl (C=O) groups is 1. The molecule has 4 nitrogen and oxygen atoms in total. The molecule has 0 spiro atoms.